The summed E-state index contributed by atoms with van der Waals surface area (Å²) >= 11 is 0. The zero-order valence-electron chi connectivity index (χ0n) is 13.8. The van der Waals surface area contributed by atoms with Crippen LogP contribution in [-0.4, -0.2) is 52.1 Å². The van der Waals surface area contributed by atoms with Crippen molar-refractivity contribution in [3.05, 3.63) is 35.8 Å². The van der Waals surface area contributed by atoms with E-state index in [9.17, 15) is 15.2 Å². The van der Waals surface area contributed by atoms with E-state index in [2.05, 4.69) is 15.3 Å². The monoisotopic (exact) mass is 327 g/mol. The normalized spacial score (nSPS) is 12.1. The number of hydrogen-bond acceptors (Lipinski definition) is 5. The van der Waals surface area contributed by atoms with Crippen LogP contribution in [-0.2, 0) is 4.79 Å². The Bertz CT molecular complexity index is 755. The summed E-state index contributed by atoms with van der Waals surface area (Å²) in [4.78, 5) is 20.8. The molecule has 0 aliphatic rings. The molecule has 2 rings (SSSR count). The van der Waals surface area contributed by atoms with E-state index >= 15 is 0 Å². The van der Waals surface area contributed by atoms with Crippen LogP contribution in [0, 0.1) is 11.3 Å². The average molecular weight is 327 g/mol. The van der Waals surface area contributed by atoms with E-state index in [1.807, 2.05) is 44.2 Å². The van der Waals surface area contributed by atoms with Crippen molar-refractivity contribution in [1.29, 1.82) is 5.26 Å². The van der Waals surface area contributed by atoms with Crippen molar-refractivity contribution in [1.82, 2.24) is 20.2 Å². The highest BCUT2D eigenvalue weighted by molar-refractivity contribution is 5.83. The third-order valence-corrected chi connectivity index (χ3v) is 3.59. The molecule has 24 heavy (non-hydrogen) atoms. The Balaban J connectivity index is 2.22. The number of aliphatic hydroxyl groups excluding tert-OH is 1. The van der Waals surface area contributed by atoms with Crippen molar-refractivity contribution in [3.63, 3.8) is 0 Å². The molecular weight excluding hydrogens is 306 g/mol. The lowest BCUT2D eigenvalue weighted by molar-refractivity contribution is -0.122. The molecule has 1 aromatic heterocycles. The standard InChI is InChI=1S/C17H21N5O2/c1-3-19-16(24)11-22(4-2)10-15(23)12(9-18)17-20-13-7-5-6-8-14(13)21-17/h5-8,23H,3-4,10-11H2,1-2H3,(H,19,24)(H,20,21)/b15-12-. The van der Waals surface area contributed by atoms with Gasteiger partial charge in [0.05, 0.1) is 24.1 Å². The number of para-hydroxylation sites is 2. The number of nitriles is 1. The third-order valence-electron chi connectivity index (χ3n) is 3.59. The highest BCUT2D eigenvalue weighted by Crippen LogP contribution is 2.19. The number of nitrogens with one attached hydrogen (secondary N) is 2. The molecule has 0 fully saturated rings. The zero-order chi connectivity index (χ0) is 17.5. The Kier molecular flexibility index (Phi) is 5.93. The fraction of sp³-hybridized carbons (Fsp3) is 0.353. The molecule has 1 aromatic carbocycles. The van der Waals surface area contributed by atoms with Gasteiger partial charge in [-0.3, -0.25) is 9.69 Å². The number of allylic oxidation sites excluding steroid dienone is 1. The maximum atomic E-state index is 11.7. The largest absolute Gasteiger partial charge is 0.509 e. The maximum Gasteiger partial charge on any atom is 0.234 e. The summed E-state index contributed by atoms with van der Waals surface area (Å²) in [5, 5.41) is 22.5. The molecule has 0 saturated heterocycles. The Morgan fingerprint density at radius 1 is 1.38 bits per heavy atom. The van der Waals surface area contributed by atoms with Crippen LogP contribution in [0.2, 0.25) is 0 Å². The molecule has 0 radical (unpaired) electrons. The first-order valence-electron chi connectivity index (χ1n) is 7.85. The molecule has 1 heterocycles. The van der Waals surface area contributed by atoms with E-state index < -0.39 is 0 Å². The number of aliphatic hydroxyl groups is 1. The number of fused-ring (bicyclic) bond motifs is 1. The van der Waals surface area contributed by atoms with Crippen LogP contribution in [0.4, 0.5) is 0 Å². The molecule has 1 amide bonds. The SMILES string of the molecule is CCNC(=O)CN(CC)C/C(O)=C(\C#N)c1nc2ccccc2[nH]1. The van der Waals surface area contributed by atoms with Crippen molar-refractivity contribution in [2.45, 2.75) is 13.8 Å². The molecule has 0 spiro atoms. The van der Waals surface area contributed by atoms with Gasteiger partial charge in [-0.05, 0) is 25.6 Å². The summed E-state index contributed by atoms with van der Waals surface area (Å²) in [5.74, 6) is 0.0994. The van der Waals surface area contributed by atoms with Crippen LogP contribution in [0.3, 0.4) is 0 Å². The number of aromatic nitrogens is 2. The van der Waals surface area contributed by atoms with Crippen molar-refractivity contribution in [2.24, 2.45) is 0 Å². The number of amides is 1. The van der Waals surface area contributed by atoms with Gasteiger partial charge in [0.2, 0.25) is 5.91 Å². The van der Waals surface area contributed by atoms with Gasteiger partial charge in [0.1, 0.15) is 17.4 Å². The summed E-state index contributed by atoms with van der Waals surface area (Å²) in [5.41, 5.74) is 1.60. The molecule has 0 unspecified atom stereocenters. The average Bonchev–Trinajstić information content (AvgIpc) is 2.98. The van der Waals surface area contributed by atoms with Gasteiger partial charge in [-0.25, -0.2) is 4.98 Å². The molecule has 126 valence electrons. The number of carbonyl (C=O) groups is 1. The predicted octanol–water partition coefficient (Wildman–Crippen LogP) is 1.81. The molecule has 0 aliphatic carbocycles. The Labute approximate surface area is 140 Å². The zero-order valence-corrected chi connectivity index (χ0v) is 13.8. The van der Waals surface area contributed by atoms with Gasteiger partial charge >= 0.3 is 0 Å². The first kappa shape index (κ1) is 17.5. The van der Waals surface area contributed by atoms with Gasteiger partial charge in [0.25, 0.3) is 0 Å². The first-order valence-corrected chi connectivity index (χ1v) is 7.85. The van der Waals surface area contributed by atoms with Crippen LogP contribution in [0.15, 0.2) is 30.0 Å². The fourth-order valence-corrected chi connectivity index (χ4v) is 2.35. The lowest BCUT2D eigenvalue weighted by Crippen LogP contribution is -2.38. The fourth-order valence-electron chi connectivity index (χ4n) is 2.35. The van der Waals surface area contributed by atoms with E-state index in [-0.39, 0.29) is 30.3 Å². The number of benzene rings is 1. The second-order valence-corrected chi connectivity index (χ2v) is 5.29. The van der Waals surface area contributed by atoms with Crippen molar-refractivity contribution < 1.29 is 9.90 Å². The van der Waals surface area contributed by atoms with Crippen LogP contribution in [0.5, 0.6) is 0 Å². The van der Waals surface area contributed by atoms with Gasteiger partial charge in [-0.15, -0.1) is 0 Å². The quantitative estimate of drug-likeness (QED) is 0.531. The molecule has 0 aliphatic heterocycles. The molecule has 0 atom stereocenters. The summed E-state index contributed by atoms with van der Waals surface area (Å²) in [7, 11) is 0. The Hall–Kier alpha value is -2.85. The molecule has 2 aromatic rings. The van der Waals surface area contributed by atoms with Gasteiger partial charge < -0.3 is 15.4 Å². The lowest BCUT2D eigenvalue weighted by atomic mass is 10.2. The molecule has 3 N–H and O–H groups in total. The van der Waals surface area contributed by atoms with Gasteiger partial charge in [0, 0.05) is 6.54 Å². The summed E-state index contributed by atoms with van der Waals surface area (Å²) in [6, 6.07) is 9.40. The van der Waals surface area contributed by atoms with Crippen molar-refractivity contribution >= 4 is 22.5 Å². The predicted molar refractivity (Wildman–Crippen MR) is 92.1 cm³/mol. The van der Waals surface area contributed by atoms with E-state index in [1.165, 1.54) is 0 Å². The van der Waals surface area contributed by atoms with E-state index in [0.717, 1.165) is 11.0 Å². The van der Waals surface area contributed by atoms with Gasteiger partial charge in [0.15, 0.2) is 5.82 Å². The third kappa shape index (κ3) is 4.12. The number of imidazole rings is 1. The minimum atomic E-state index is -0.116. The van der Waals surface area contributed by atoms with E-state index in [0.29, 0.717) is 18.9 Å². The van der Waals surface area contributed by atoms with Gasteiger partial charge in [-0.1, -0.05) is 19.1 Å². The second kappa shape index (κ2) is 8.13. The van der Waals surface area contributed by atoms with Crippen molar-refractivity contribution in [3.8, 4) is 6.07 Å². The number of nitrogens with zero attached hydrogens (tertiary/aromatic N) is 3. The highest BCUT2D eigenvalue weighted by atomic mass is 16.3. The summed E-state index contributed by atoms with van der Waals surface area (Å²) < 4.78 is 0. The summed E-state index contributed by atoms with van der Waals surface area (Å²) in [6.07, 6.45) is 0. The maximum absolute atomic E-state index is 11.7. The van der Waals surface area contributed by atoms with Crippen LogP contribution >= 0.6 is 0 Å². The van der Waals surface area contributed by atoms with Gasteiger partial charge in [-0.2, -0.15) is 5.26 Å². The lowest BCUT2D eigenvalue weighted by Gasteiger charge is -2.19. The number of rotatable bonds is 7. The second-order valence-electron chi connectivity index (χ2n) is 5.29. The number of likely N-dealkylation sites (N-methyl/N-ethyl adjacent to an activating group) is 2. The molecule has 0 bridgehead atoms. The topological polar surface area (TPSA) is 105 Å². The Morgan fingerprint density at radius 3 is 2.75 bits per heavy atom. The van der Waals surface area contributed by atoms with Crippen LogP contribution in [0.1, 0.15) is 19.7 Å². The number of H-pyrrole nitrogens is 1. The molecule has 0 saturated carbocycles. The van der Waals surface area contributed by atoms with E-state index in [4.69, 9.17) is 0 Å². The first-order chi connectivity index (χ1) is 11.6. The molecule has 7 nitrogen and oxygen atoms in total. The molecular formula is C17H21N5O2. The van der Waals surface area contributed by atoms with Crippen LogP contribution < -0.4 is 5.32 Å². The smallest absolute Gasteiger partial charge is 0.234 e. The van der Waals surface area contributed by atoms with Crippen LogP contribution in [0.25, 0.3) is 16.6 Å². The number of carbonyl (C=O) groups excluding carboxylic acids is 1. The minimum absolute atomic E-state index is 0.0838. The highest BCUT2D eigenvalue weighted by Gasteiger charge is 2.16. The summed E-state index contributed by atoms with van der Waals surface area (Å²) in [6.45, 7) is 5.13. The number of hydrogen-bond donors (Lipinski definition) is 3. The van der Waals surface area contributed by atoms with Crippen molar-refractivity contribution in [2.75, 3.05) is 26.2 Å². The molecule has 7 heteroatoms. The minimum Gasteiger partial charge on any atom is -0.509 e. The Morgan fingerprint density at radius 2 is 2.12 bits per heavy atom. The van der Waals surface area contributed by atoms with E-state index in [1.54, 1.807) is 4.90 Å². The number of aromatic amines is 1.